The molecule has 1 aromatic carbocycles. The molecule has 0 fully saturated rings. The van der Waals surface area contributed by atoms with Gasteiger partial charge in [0.05, 0.1) is 0 Å². The molecule has 2 amide bonds. The van der Waals surface area contributed by atoms with Crippen molar-refractivity contribution in [2.75, 3.05) is 11.9 Å². The van der Waals surface area contributed by atoms with Crippen LogP contribution in [-0.4, -0.2) is 18.4 Å². The minimum atomic E-state index is -0.105. The molecule has 2 aromatic rings. The molecule has 22 heavy (non-hydrogen) atoms. The van der Waals surface area contributed by atoms with Gasteiger partial charge in [-0.1, -0.05) is 17.7 Å². The zero-order valence-electron chi connectivity index (χ0n) is 12.2. The van der Waals surface area contributed by atoms with Gasteiger partial charge in [-0.05, 0) is 42.5 Å². The third-order valence-electron chi connectivity index (χ3n) is 3.11. The highest BCUT2D eigenvalue weighted by Gasteiger charge is 2.06. The summed E-state index contributed by atoms with van der Waals surface area (Å²) in [5, 5.41) is 9.86. The molecule has 116 valence electrons. The Labute approximate surface area is 138 Å². The molecule has 2 N–H and O–H groups in total. The summed E-state index contributed by atoms with van der Waals surface area (Å²) in [5.74, 6) is -0.198. The first-order valence-corrected chi connectivity index (χ1v) is 8.25. The van der Waals surface area contributed by atoms with Crippen molar-refractivity contribution in [3.05, 3.63) is 51.2 Å². The van der Waals surface area contributed by atoms with E-state index in [9.17, 15) is 9.59 Å². The van der Waals surface area contributed by atoms with E-state index in [1.54, 1.807) is 17.5 Å². The lowest BCUT2D eigenvalue weighted by atomic mass is 10.2. The summed E-state index contributed by atoms with van der Waals surface area (Å²) in [5.41, 5.74) is 2.31. The van der Waals surface area contributed by atoms with E-state index >= 15 is 0 Å². The highest BCUT2D eigenvalue weighted by atomic mass is 35.5. The van der Waals surface area contributed by atoms with Crippen LogP contribution in [0.2, 0.25) is 5.02 Å². The van der Waals surface area contributed by atoms with Gasteiger partial charge in [-0.25, -0.2) is 0 Å². The first kappa shape index (κ1) is 16.5. The average molecular weight is 337 g/mol. The number of hydrogen-bond donors (Lipinski definition) is 2. The van der Waals surface area contributed by atoms with Crippen molar-refractivity contribution < 1.29 is 9.59 Å². The number of anilines is 1. The molecule has 0 aliphatic carbocycles. The highest BCUT2D eigenvalue weighted by Crippen LogP contribution is 2.20. The topological polar surface area (TPSA) is 58.2 Å². The maximum atomic E-state index is 11.8. The van der Waals surface area contributed by atoms with E-state index < -0.39 is 0 Å². The normalized spacial score (nSPS) is 10.3. The summed E-state index contributed by atoms with van der Waals surface area (Å²) in [7, 11) is 0. The molecule has 0 unspecified atom stereocenters. The number of thiophene rings is 1. The molecule has 1 heterocycles. The van der Waals surface area contributed by atoms with Crippen LogP contribution in [0, 0.1) is 6.92 Å². The number of aryl methyl sites for hydroxylation is 1. The number of carbonyl (C=O) groups is 2. The van der Waals surface area contributed by atoms with Gasteiger partial charge >= 0.3 is 0 Å². The van der Waals surface area contributed by atoms with E-state index in [4.69, 9.17) is 11.6 Å². The average Bonchev–Trinajstić information content (AvgIpc) is 3.01. The number of benzene rings is 1. The van der Waals surface area contributed by atoms with Gasteiger partial charge in [-0.3, -0.25) is 9.59 Å². The Balaban J connectivity index is 1.69. The molecule has 0 spiro atoms. The van der Waals surface area contributed by atoms with E-state index in [2.05, 4.69) is 10.6 Å². The summed E-state index contributed by atoms with van der Waals surface area (Å²) in [6, 6.07) is 7.18. The highest BCUT2D eigenvalue weighted by molar-refractivity contribution is 7.08. The predicted octanol–water partition coefficient (Wildman–Crippen LogP) is 3.86. The molecule has 0 atom stereocenters. The van der Waals surface area contributed by atoms with Crippen LogP contribution in [0.5, 0.6) is 0 Å². The number of rotatable bonds is 6. The third-order valence-corrected chi connectivity index (χ3v) is 4.20. The molecule has 0 saturated heterocycles. The Hall–Kier alpha value is -1.85. The molecule has 6 heteroatoms. The Bertz CT molecular complexity index is 656. The lowest BCUT2D eigenvalue weighted by molar-refractivity contribution is -0.116. The number of carbonyl (C=O) groups excluding carboxylic acids is 2. The van der Waals surface area contributed by atoms with Crippen LogP contribution in [0.3, 0.4) is 0 Å². The van der Waals surface area contributed by atoms with Crippen molar-refractivity contribution in [1.29, 1.82) is 0 Å². The smallest absolute Gasteiger partial charge is 0.252 e. The van der Waals surface area contributed by atoms with Crippen LogP contribution < -0.4 is 10.6 Å². The zero-order valence-corrected chi connectivity index (χ0v) is 13.8. The molecule has 0 bridgehead atoms. The number of halogens is 1. The maximum Gasteiger partial charge on any atom is 0.252 e. The second-order valence-corrected chi connectivity index (χ2v) is 6.07. The van der Waals surface area contributed by atoms with Gasteiger partial charge in [-0.15, -0.1) is 0 Å². The summed E-state index contributed by atoms with van der Waals surface area (Å²) in [4.78, 5) is 23.5. The summed E-state index contributed by atoms with van der Waals surface area (Å²) >= 11 is 7.49. The second kappa shape index (κ2) is 7.96. The van der Waals surface area contributed by atoms with Crippen LogP contribution >= 0.6 is 22.9 Å². The van der Waals surface area contributed by atoms with Crippen LogP contribution in [0.1, 0.15) is 28.8 Å². The Kier molecular flexibility index (Phi) is 5.98. The van der Waals surface area contributed by atoms with Crippen molar-refractivity contribution in [3.8, 4) is 0 Å². The van der Waals surface area contributed by atoms with Gasteiger partial charge in [0.1, 0.15) is 0 Å². The fourth-order valence-corrected chi connectivity index (χ4v) is 2.66. The minimum absolute atomic E-state index is 0.0929. The van der Waals surface area contributed by atoms with Crippen molar-refractivity contribution in [3.63, 3.8) is 0 Å². The molecule has 4 nitrogen and oxygen atoms in total. The molecular weight excluding hydrogens is 320 g/mol. The molecule has 0 radical (unpaired) electrons. The zero-order chi connectivity index (χ0) is 15.9. The van der Waals surface area contributed by atoms with E-state index in [0.717, 1.165) is 5.56 Å². The Morgan fingerprint density at radius 1 is 1.27 bits per heavy atom. The fraction of sp³-hybridized carbons (Fsp3) is 0.250. The Morgan fingerprint density at radius 2 is 2.09 bits per heavy atom. The van der Waals surface area contributed by atoms with Crippen LogP contribution in [0.25, 0.3) is 0 Å². The quantitative estimate of drug-likeness (QED) is 0.787. The summed E-state index contributed by atoms with van der Waals surface area (Å²) in [6.45, 7) is 2.38. The van der Waals surface area contributed by atoms with Gasteiger partial charge in [0.2, 0.25) is 5.91 Å². The standard InChI is InChI=1S/C16H17ClN2O2S/c1-11-4-5-13(9-14(11)17)19-15(20)3-2-7-18-16(21)12-6-8-22-10-12/h4-6,8-10H,2-3,7H2,1H3,(H,18,21)(H,19,20). The first-order chi connectivity index (χ1) is 10.6. The lowest BCUT2D eigenvalue weighted by Crippen LogP contribution is -2.25. The number of amides is 2. The second-order valence-electron chi connectivity index (χ2n) is 4.88. The molecule has 0 saturated carbocycles. The van der Waals surface area contributed by atoms with Gasteiger partial charge in [0.15, 0.2) is 0 Å². The molecule has 0 aliphatic heterocycles. The maximum absolute atomic E-state index is 11.8. The van der Waals surface area contributed by atoms with E-state index in [-0.39, 0.29) is 11.8 Å². The Morgan fingerprint density at radius 3 is 2.77 bits per heavy atom. The van der Waals surface area contributed by atoms with E-state index in [1.165, 1.54) is 11.3 Å². The molecular formula is C16H17ClN2O2S. The van der Waals surface area contributed by atoms with Gasteiger partial charge < -0.3 is 10.6 Å². The van der Waals surface area contributed by atoms with E-state index in [0.29, 0.717) is 35.7 Å². The molecule has 0 aliphatic rings. The fourth-order valence-electron chi connectivity index (χ4n) is 1.84. The summed E-state index contributed by atoms with van der Waals surface area (Å²) < 4.78 is 0. The number of nitrogens with one attached hydrogen (secondary N) is 2. The van der Waals surface area contributed by atoms with E-state index in [1.807, 2.05) is 24.4 Å². The van der Waals surface area contributed by atoms with Crippen LogP contribution in [0.4, 0.5) is 5.69 Å². The largest absolute Gasteiger partial charge is 0.352 e. The summed E-state index contributed by atoms with van der Waals surface area (Å²) in [6.07, 6.45) is 0.927. The SMILES string of the molecule is Cc1ccc(NC(=O)CCCNC(=O)c2ccsc2)cc1Cl. The van der Waals surface area contributed by atoms with Crippen molar-refractivity contribution >= 4 is 40.4 Å². The number of hydrogen-bond acceptors (Lipinski definition) is 3. The van der Waals surface area contributed by atoms with Crippen molar-refractivity contribution in [2.24, 2.45) is 0 Å². The van der Waals surface area contributed by atoms with Crippen LogP contribution in [-0.2, 0) is 4.79 Å². The molecule has 2 rings (SSSR count). The third kappa shape index (κ3) is 4.86. The lowest BCUT2D eigenvalue weighted by Gasteiger charge is -2.07. The van der Waals surface area contributed by atoms with Gasteiger partial charge in [-0.2, -0.15) is 11.3 Å². The first-order valence-electron chi connectivity index (χ1n) is 6.92. The minimum Gasteiger partial charge on any atom is -0.352 e. The van der Waals surface area contributed by atoms with Gasteiger partial charge in [0.25, 0.3) is 5.91 Å². The van der Waals surface area contributed by atoms with Gasteiger partial charge in [0, 0.05) is 34.6 Å². The monoisotopic (exact) mass is 336 g/mol. The van der Waals surface area contributed by atoms with Crippen molar-refractivity contribution in [2.45, 2.75) is 19.8 Å². The molecule has 1 aromatic heterocycles. The van der Waals surface area contributed by atoms with Crippen molar-refractivity contribution in [1.82, 2.24) is 5.32 Å². The predicted molar refractivity (Wildman–Crippen MR) is 90.7 cm³/mol. The van der Waals surface area contributed by atoms with Crippen LogP contribution in [0.15, 0.2) is 35.0 Å².